The first-order valence-corrected chi connectivity index (χ1v) is 8.34. The van der Waals surface area contributed by atoms with Crippen molar-refractivity contribution in [3.05, 3.63) is 59.7 Å². The summed E-state index contributed by atoms with van der Waals surface area (Å²) in [6, 6.07) is 10.3. The molecule has 0 aromatic heterocycles. The molecule has 27 heavy (non-hydrogen) atoms. The van der Waals surface area contributed by atoms with E-state index in [1.54, 1.807) is 19.1 Å². The van der Waals surface area contributed by atoms with Gasteiger partial charge in [-0.3, -0.25) is 9.59 Å². The molecule has 0 bridgehead atoms. The van der Waals surface area contributed by atoms with E-state index in [4.69, 9.17) is 9.53 Å². The number of amides is 1. The lowest BCUT2D eigenvalue weighted by atomic mass is 10.1. The Labute approximate surface area is 159 Å². The molecule has 0 aliphatic carbocycles. The van der Waals surface area contributed by atoms with Crippen LogP contribution in [0.1, 0.15) is 35.3 Å². The number of carbonyl (C=O) groups is 2. The minimum Gasteiger partial charge on any atom is -0.508 e. The van der Waals surface area contributed by atoms with Gasteiger partial charge in [-0.05, 0) is 62.2 Å². The van der Waals surface area contributed by atoms with Gasteiger partial charge in [0.05, 0.1) is 19.4 Å². The molecule has 0 saturated heterocycles. The fourth-order valence-electron chi connectivity index (χ4n) is 2.17. The van der Waals surface area contributed by atoms with Crippen LogP contribution in [0, 0.1) is 6.92 Å². The monoisotopic (exact) mass is 371 g/mol. The molecule has 0 unspecified atom stereocenters. The van der Waals surface area contributed by atoms with Gasteiger partial charge >= 0.3 is 0 Å². The number of benzene rings is 2. The second-order valence-electron chi connectivity index (χ2n) is 5.71. The molecule has 6 heteroatoms. The van der Waals surface area contributed by atoms with Gasteiger partial charge < -0.3 is 19.9 Å². The number of phenols is 1. The van der Waals surface area contributed by atoms with E-state index >= 15 is 0 Å². The third-order valence-corrected chi connectivity index (χ3v) is 3.58. The summed E-state index contributed by atoms with van der Waals surface area (Å²) in [7, 11) is 1.31. The van der Waals surface area contributed by atoms with Crippen LogP contribution in [0.15, 0.2) is 43.0 Å². The van der Waals surface area contributed by atoms with Gasteiger partial charge in [-0.1, -0.05) is 18.2 Å². The summed E-state index contributed by atoms with van der Waals surface area (Å²) in [6.45, 7) is 10.3. The molecule has 1 amide bonds. The van der Waals surface area contributed by atoms with E-state index in [9.17, 15) is 9.90 Å². The molecule has 0 fully saturated rings. The molecule has 2 N–H and O–H groups in total. The van der Waals surface area contributed by atoms with Crippen molar-refractivity contribution >= 4 is 23.6 Å². The summed E-state index contributed by atoms with van der Waals surface area (Å²) in [5.74, 6) is 0.523. The van der Waals surface area contributed by atoms with Crippen LogP contribution in [-0.2, 0) is 9.53 Å². The van der Waals surface area contributed by atoms with Crippen molar-refractivity contribution in [2.45, 2.75) is 20.8 Å². The number of aromatic hydroxyl groups is 1. The van der Waals surface area contributed by atoms with Gasteiger partial charge in [0.1, 0.15) is 11.5 Å². The van der Waals surface area contributed by atoms with E-state index in [1.165, 1.54) is 13.2 Å². The van der Waals surface area contributed by atoms with Gasteiger partial charge in [-0.2, -0.15) is 0 Å². The van der Waals surface area contributed by atoms with E-state index in [2.05, 4.69) is 16.6 Å². The smallest absolute Gasteiger partial charge is 0.292 e. The summed E-state index contributed by atoms with van der Waals surface area (Å²) in [4.78, 5) is 21.4. The highest BCUT2D eigenvalue weighted by Crippen LogP contribution is 2.29. The SMILES string of the molecule is C=C(C)c1ccc(OCC)c(NC(=O)c2ccc(O)c(C)c2)c1.COC=O. The maximum absolute atomic E-state index is 12.4. The Morgan fingerprint density at radius 1 is 1.22 bits per heavy atom. The van der Waals surface area contributed by atoms with E-state index in [0.717, 1.165) is 11.1 Å². The third kappa shape index (κ3) is 6.51. The van der Waals surface area contributed by atoms with Gasteiger partial charge in [-0.25, -0.2) is 0 Å². The van der Waals surface area contributed by atoms with Crippen LogP contribution in [0.25, 0.3) is 5.57 Å². The van der Waals surface area contributed by atoms with Gasteiger partial charge in [0, 0.05) is 5.56 Å². The lowest BCUT2D eigenvalue weighted by molar-refractivity contribution is -0.126. The van der Waals surface area contributed by atoms with Crippen LogP contribution in [-0.4, -0.2) is 31.2 Å². The Kier molecular flexibility index (Phi) is 8.59. The number of hydrogen-bond donors (Lipinski definition) is 2. The zero-order valence-corrected chi connectivity index (χ0v) is 16.0. The Morgan fingerprint density at radius 3 is 2.37 bits per heavy atom. The lowest BCUT2D eigenvalue weighted by Crippen LogP contribution is -2.13. The summed E-state index contributed by atoms with van der Waals surface area (Å²) in [5.41, 5.74) is 3.57. The number of ether oxygens (including phenoxy) is 2. The van der Waals surface area contributed by atoms with Crippen LogP contribution in [0.4, 0.5) is 5.69 Å². The van der Waals surface area contributed by atoms with Crippen LogP contribution < -0.4 is 10.1 Å². The fourth-order valence-corrected chi connectivity index (χ4v) is 2.17. The number of phenolic OH excluding ortho intramolecular Hbond substituents is 1. The highest BCUT2D eigenvalue weighted by molar-refractivity contribution is 6.05. The maximum Gasteiger partial charge on any atom is 0.292 e. The number of carbonyl (C=O) groups excluding carboxylic acids is 2. The molecule has 144 valence electrons. The average Bonchev–Trinajstić information content (AvgIpc) is 2.65. The molecule has 0 aliphatic heterocycles. The quantitative estimate of drug-likeness (QED) is 0.744. The van der Waals surface area contributed by atoms with E-state index < -0.39 is 0 Å². The third-order valence-electron chi connectivity index (χ3n) is 3.58. The molecule has 0 atom stereocenters. The summed E-state index contributed by atoms with van der Waals surface area (Å²) in [5, 5.41) is 12.4. The Bertz CT molecular complexity index is 814. The van der Waals surface area contributed by atoms with Gasteiger partial charge in [0.25, 0.3) is 12.4 Å². The number of hydrogen-bond acceptors (Lipinski definition) is 5. The zero-order valence-electron chi connectivity index (χ0n) is 16.0. The molecule has 0 radical (unpaired) electrons. The van der Waals surface area contributed by atoms with Gasteiger partial charge in [0.2, 0.25) is 0 Å². The second kappa shape index (κ2) is 10.7. The molecular weight excluding hydrogens is 346 g/mol. The van der Waals surface area contributed by atoms with Crippen molar-refractivity contribution in [3.63, 3.8) is 0 Å². The highest BCUT2D eigenvalue weighted by Gasteiger charge is 2.12. The first-order valence-electron chi connectivity index (χ1n) is 8.34. The summed E-state index contributed by atoms with van der Waals surface area (Å²) < 4.78 is 9.43. The Morgan fingerprint density at radius 2 is 1.85 bits per heavy atom. The van der Waals surface area contributed by atoms with Crippen molar-refractivity contribution in [3.8, 4) is 11.5 Å². The molecule has 0 spiro atoms. The molecule has 2 aromatic rings. The zero-order chi connectivity index (χ0) is 20.4. The molecule has 2 rings (SSSR count). The number of rotatable bonds is 6. The molecule has 0 aliphatic rings. The van der Waals surface area contributed by atoms with Crippen molar-refractivity contribution in [1.82, 2.24) is 0 Å². The molecule has 6 nitrogen and oxygen atoms in total. The topological polar surface area (TPSA) is 84.9 Å². The molecule has 0 saturated carbocycles. The van der Waals surface area contributed by atoms with Crippen LogP contribution in [0.5, 0.6) is 11.5 Å². The maximum atomic E-state index is 12.4. The van der Waals surface area contributed by atoms with Crippen LogP contribution in [0.2, 0.25) is 0 Å². The van der Waals surface area contributed by atoms with Gasteiger partial charge in [-0.15, -0.1) is 0 Å². The average molecular weight is 371 g/mol. The van der Waals surface area contributed by atoms with E-state index in [0.29, 0.717) is 35.6 Å². The first kappa shape index (κ1) is 21.8. The Balaban J connectivity index is 0.000000828. The largest absolute Gasteiger partial charge is 0.508 e. The van der Waals surface area contributed by atoms with Crippen molar-refractivity contribution < 1.29 is 24.2 Å². The number of allylic oxidation sites excluding steroid dienone is 1. The minimum atomic E-state index is -0.257. The number of aryl methyl sites for hydroxylation is 1. The highest BCUT2D eigenvalue weighted by atomic mass is 16.5. The van der Waals surface area contributed by atoms with E-state index in [1.807, 2.05) is 32.0 Å². The predicted molar refractivity (Wildman–Crippen MR) is 106 cm³/mol. The number of methoxy groups -OCH3 is 1. The standard InChI is InChI=1S/C19H21NO3.C2H4O2/c1-5-23-18-9-7-14(12(2)3)11-16(18)20-19(22)15-6-8-17(21)13(4)10-15;1-4-2-3/h6-11,21H,2,5H2,1,3-4H3,(H,20,22);2H,1H3. The number of anilines is 1. The first-order chi connectivity index (χ1) is 12.8. The van der Waals surface area contributed by atoms with Crippen molar-refractivity contribution in [2.24, 2.45) is 0 Å². The van der Waals surface area contributed by atoms with Crippen LogP contribution >= 0.6 is 0 Å². The minimum absolute atomic E-state index is 0.167. The number of nitrogens with one attached hydrogen (secondary N) is 1. The van der Waals surface area contributed by atoms with Crippen molar-refractivity contribution in [1.29, 1.82) is 0 Å². The van der Waals surface area contributed by atoms with Crippen LogP contribution in [0.3, 0.4) is 0 Å². The molecular formula is C21H25NO5. The summed E-state index contributed by atoms with van der Waals surface area (Å²) >= 11 is 0. The second-order valence-corrected chi connectivity index (χ2v) is 5.71. The Hall–Kier alpha value is -3.28. The lowest BCUT2D eigenvalue weighted by Gasteiger charge is -2.14. The molecule has 2 aromatic carbocycles. The van der Waals surface area contributed by atoms with Crippen molar-refractivity contribution in [2.75, 3.05) is 19.0 Å². The fraction of sp³-hybridized carbons (Fsp3) is 0.238. The summed E-state index contributed by atoms with van der Waals surface area (Å²) in [6.07, 6.45) is 0. The normalized spacial score (nSPS) is 9.48. The molecule has 0 heterocycles. The van der Waals surface area contributed by atoms with E-state index in [-0.39, 0.29) is 11.7 Å². The predicted octanol–water partition coefficient (Wildman–Crippen LogP) is 4.17. The van der Waals surface area contributed by atoms with Gasteiger partial charge in [0.15, 0.2) is 0 Å².